The third-order valence-corrected chi connectivity index (χ3v) is 10.2. The van der Waals surface area contributed by atoms with Crippen LogP contribution in [-0.2, 0) is 4.43 Å². The highest BCUT2D eigenvalue weighted by atomic mass is 28.4. The van der Waals surface area contributed by atoms with Gasteiger partial charge in [-0.3, -0.25) is 4.90 Å². The molecule has 0 saturated carbocycles. The van der Waals surface area contributed by atoms with Gasteiger partial charge in [0.2, 0.25) is 0 Å². The first-order valence-electron chi connectivity index (χ1n) is 9.43. The van der Waals surface area contributed by atoms with Crippen molar-refractivity contribution in [3.63, 3.8) is 0 Å². The van der Waals surface area contributed by atoms with Gasteiger partial charge in [-0.15, -0.1) is 13.2 Å². The number of hydrogen-bond acceptors (Lipinski definition) is 2. The van der Waals surface area contributed by atoms with Crippen LogP contribution >= 0.6 is 0 Å². The maximum atomic E-state index is 6.87. The molecule has 2 unspecified atom stereocenters. The Labute approximate surface area is 155 Å². The predicted molar refractivity (Wildman–Crippen MR) is 111 cm³/mol. The number of benzene rings is 1. The van der Waals surface area contributed by atoms with Gasteiger partial charge in [0.25, 0.3) is 0 Å². The van der Waals surface area contributed by atoms with Gasteiger partial charge in [-0.2, -0.15) is 0 Å². The van der Waals surface area contributed by atoms with Crippen molar-refractivity contribution in [2.45, 2.75) is 69.9 Å². The number of nitrogens with zero attached hydrogens (tertiary/aromatic N) is 1. The first kappa shape index (κ1) is 20.2. The molecular weight excluding hydrogens is 322 g/mol. The topological polar surface area (TPSA) is 12.2 Å². The molecular formula is C22H35NOSi. The molecule has 25 heavy (non-hydrogen) atoms. The molecule has 1 fully saturated rings. The predicted octanol–water partition coefficient (Wildman–Crippen LogP) is 5.95. The van der Waals surface area contributed by atoms with E-state index < -0.39 is 8.32 Å². The van der Waals surface area contributed by atoms with Gasteiger partial charge in [0.1, 0.15) is 0 Å². The summed E-state index contributed by atoms with van der Waals surface area (Å²) >= 11 is 0. The summed E-state index contributed by atoms with van der Waals surface area (Å²) < 4.78 is 6.87. The molecule has 3 heteroatoms. The highest BCUT2D eigenvalue weighted by Gasteiger charge is 2.54. The first-order valence-corrected chi connectivity index (χ1v) is 12.3. The van der Waals surface area contributed by atoms with Crippen LogP contribution in [0.1, 0.15) is 45.2 Å². The van der Waals surface area contributed by atoms with Gasteiger partial charge in [0.05, 0.1) is 18.2 Å². The Morgan fingerprint density at radius 3 is 2.32 bits per heavy atom. The number of hydrogen-bond donors (Lipinski definition) is 0. The molecule has 2 rings (SSSR count). The summed E-state index contributed by atoms with van der Waals surface area (Å²) in [4.78, 5) is 2.52. The van der Waals surface area contributed by atoms with E-state index in [9.17, 15) is 0 Å². The molecule has 1 aliphatic rings. The zero-order chi connectivity index (χ0) is 18.7. The lowest BCUT2D eigenvalue weighted by molar-refractivity contribution is 0.155. The smallest absolute Gasteiger partial charge is 0.192 e. The quantitative estimate of drug-likeness (QED) is 0.307. The summed E-state index contributed by atoms with van der Waals surface area (Å²) in [5.74, 6) is 0. The van der Waals surface area contributed by atoms with E-state index >= 15 is 0 Å². The van der Waals surface area contributed by atoms with Crippen molar-refractivity contribution in [1.82, 2.24) is 4.90 Å². The summed E-state index contributed by atoms with van der Waals surface area (Å²) in [6.07, 6.45) is 6.31. The molecule has 2 nitrogen and oxygen atoms in total. The van der Waals surface area contributed by atoms with Crippen molar-refractivity contribution in [1.29, 1.82) is 0 Å². The first-order chi connectivity index (χ1) is 11.7. The lowest BCUT2D eigenvalue weighted by atomic mass is 10.0. The van der Waals surface area contributed by atoms with E-state index in [1.165, 1.54) is 5.56 Å². The third kappa shape index (κ3) is 4.72. The second-order valence-corrected chi connectivity index (χ2v) is 13.4. The fourth-order valence-electron chi connectivity index (χ4n) is 3.27. The summed E-state index contributed by atoms with van der Waals surface area (Å²) in [6, 6.07) is 11.7. The summed E-state index contributed by atoms with van der Waals surface area (Å²) in [7, 11) is -1.81. The molecule has 1 aliphatic heterocycles. The molecule has 0 aliphatic carbocycles. The van der Waals surface area contributed by atoms with Crippen molar-refractivity contribution in [3.8, 4) is 0 Å². The lowest BCUT2D eigenvalue weighted by Gasteiger charge is -2.39. The van der Waals surface area contributed by atoms with E-state index in [1.54, 1.807) is 0 Å². The number of rotatable bonds is 9. The Morgan fingerprint density at radius 2 is 1.80 bits per heavy atom. The summed E-state index contributed by atoms with van der Waals surface area (Å²) in [6.45, 7) is 20.4. The van der Waals surface area contributed by atoms with Crippen molar-refractivity contribution in [2.24, 2.45) is 0 Å². The van der Waals surface area contributed by atoms with Crippen LogP contribution in [0.4, 0.5) is 0 Å². The molecule has 1 aromatic carbocycles. The molecule has 1 saturated heterocycles. The van der Waals surface area contributed by atoms with Gasteiger partial charge >= 0.3 is 0 Å². The van der Waals surface area contributed by atoms with E-state index in [-0.39, 0.29) is 11.1 Å². The molecule has 0 spiro atoms. The third-order valence-electron chi connectivity index (χ3n) is 5.74. The molecule has 0 bridgehead atoms. The summed E-state index contributed by atoms with van der Waals surface area (Å²) in [5.41, 5.74) is 1.39. The molecule has 1 heterocycles. The van der Waals surface area contributed by atoms with Crippen molar-refractivity contribution < 1.29 is 4.43 Å². The Balaban J connectivity index is 2.23. The molecule has 138 valence electrons. The Hall–Kier alpha value is -1.16. The zero-order valence-corrected chi connectivity index (χ0v) is 17.7. The maximum absolute atomic E-state index is 6.87. The second kappa shape index (κ2) is 8.03. The highest BCUT2D eigenvalue weighted by Crippen LogP contribution is 2.48. The molecule has 0 amide bonds. The van der Waals surface area contributed by atoms with Gasteiger partial charge < -0.3 is 4.43 Å². The average molecular weight is 358 g/mol. The Kier molecular flexibility index (Phi) is 6.47. The molecule has 1 aromatic rings. The fourth-order valence-corrected chi connectivity index (χ4v) is 4.64. The van der Waals surface area contributed by atoms with Crippen LogP contribution in [0.2, 0.25) is 18.1 Å². The van der Waals surface area contributed by atoms with Gasteiger partial charge in [-0.25, -0.2) is 0 Å². The minimum Gasteiger partial charge on any atom is -0.412 e. The van der Waals surface area contributed by atoms with E-state index in [4.69, 9.17) is 4.43 Å². The Morgan fingerprint density at radius 1 is 1.16 bits per heavy atom. The number of allylic oxidation sites excluding steroid dienone is 1. The van der Waals surface area contributed by atoms with Gasteiger partial charge in [-0.1, -0.05) is 63.3 Å². The van der Waals surface area contributed by atoms with Gasteiger partial charge in [0, 0.05) is 6.54 Å². The largest absolute Gasteiger partial charge is 0.412 e. The Bertz CT molecular complexity index is 575. The van der Waals surface area contributed by atoms with Crippen LogP contribution in [0.5, 0.6) is 0 Å². The van der Waals surface area contributed by atoms with Crippen LogP contribution in [0.25, 0.3) is 0 Å². The maximum Gasteiger partial charge on any atom is 0.192 e. The molecule has 0 radical (unpaired) electrons. The standard InChI is InChI=1S/C22H35NOSi/c1-8-10-16-19(24-25(6,7)22(3,4)5)21-20(23(21)17-9-2)18-14-12-11-13-15-18/h8-9,11-15,19-21H,1-2,10,16-17H2,3-7H3/t19?,20-,21+,23?/m0/s1. The van der Waals surface area contributed by atoms with Gasteiger partial charge in [0.15, 0.2) is 8.32 Å². The van der Waals surface area contributed by atoms with Crippen molar-refractivity contribution >= 4 is 8.32 Å². The molecule has 0 N–H and O–H groups in total. The SMILES string of the molecule is C=CCCC(O[Si](C)(C)C(C)(C)C)[C@@H]1[C@H](c2ccccc2)N1CC=C. The molecule has 4 atom stereocenters. The minimum atomic E-state index is -1.81. The van der Waals surface area contributed by atoms with Crippen molar-refractivity contribution in [2.75, 3.05) is 6.54 Å². The highest BCUT2D eigenvalue weighted by molar-refractivity contribution is 6.74. The normalized spacial score (nSPS) is 24.6. The summed E-state index contributed by atoms with van der Waals surface area (Å²) in [5, 5.41) is 0.222. The van der Waals surface area contributed by atoms with Gasteiger partial charge in [-0.05, 0) is 36.5 Å². The van der Waals surface area contributed by atoms with E-state index in [2.05, 4.69) is 82.3 Å². The van der Waals surface area contributed by atoms with Crippen LogP contribution in [0.15, 0.2) is 55.6 Å². The zero-order valence-electron chi connectivity index (χ0n) is 16.7. The van der Waals surface area contributed by atoms with E-state index in [1.807, 2.05) is 12.2 Å². The molecule has 0 aromatic heterocycles. The van der Waals surface area contributed by atoms with Crippen LogP contribution in [0.3, 0.4) is 0 Å². The minimum absolute atomic E-state index is 0.222. The van der Waals surface area contributed by atoms with Crippen LogP contribution in [0, 0.1) is 0 Å². The van der Waals surface area contributed by atoms with E-state index in [0.717, 1.165) is 19.4 Å². The van der Waals surface area contributed by atoms with Crippen LogP contribution in [-0.4, -0.2) is 31.9 Å². The van der Waals surface area contributed by atoms with Crippen LogP contribution < -0.4 is 0 Å². The second-order valence-electron chi connectivity index (χ2n) is 8.61. The lowest BCUT2D eigenvalue weighted by Crippen LogP contribution is -2.45. The van der Waals surface area contributed by atoms with Crippen molar-refractivity contribution in [3.05, 3.63) is 61.2 Å². The fraction of sp³-hybridized carbons (Fsp3) is 0.545. The average Bonchev–Trinajstić information content (AvgIpc) is 3.25. The van der Waals surface area contributed by atoms with E-state index in [0.29, 0.717) is 12.1 Å². The monoisotopic (exact) mass is 357 g/mol.